The van der Waals surface area contributed by atoms with Crippen molar-refractivity contribution in [2.75, 3.05) is 13.2 Å². The van der Waals surface area contributed by atoms with E-state index in [4.69, 9.17) is 4.74 Å². The Labute approximate surface area is 129 Å². The van der Waals surface area contributed by atoms with E-state index in [-0.39, 0.29) is 11.6 Å². The van der Waals surface area contributed by atoms with Crippen molar-refractivity contribution in [3.8, 4) is 0 Å². The van der Waals surface area contributed by atoms with Gasteiger partial charge in [0.25, 0.3) is 0 Å². The lowest BCUT2D eigenvalue weighted by Gasteiger charge is -2.45. The number of aryl methyl sites for hydroxylation is 1. The van der Waals surface area contributed by atoms with Gasteiger partial charge in [-0.3, -0.25) is 0 Å². The fraction of sp³-hybridized carbons (Fsp3) is 0.684. The molecule has 21 heavy (non-hydrogen) atoms. The van der Waals surface area contributed by atoms with E-state index in [0.29, 0.717) is 0 Å². The van der Waals surface area contributed by atoms with Crippen LogP contribution >= 0.6 is 0 Å². The molecule has 116 valence electrons. The molecule has 1 spiro atoms. The van der Waals surface area contributed by atoms with E-state index in [2.05, 4.69) is 43.4 Å². The molecule has 1 aromatic rings. The van der Waals surface area contributed by atoms with Gasteiger partial charge in [-0.2, -0.15) is 0 Å². The third-order valence-electron chi connectivity index (χ3n) is 5.20. The standard InChI is InChI=1S/C19H29NO/c1-3-5-16-7-9-17(10-8-16)18-13-20-19(14-21-18)11-4-6-15(2)12-19/h7-10,15,18,20H,3-6,11-14H2,1-2H3. The van der Waals surface area contributed by atoms with Crippen LogP contribution in [0, 0.1) is 5.92 Å². The van der Waals surface area contributed by atoms with Crippen molar-refractivity contribution in [2.45, 2.75) is 64.0 Å². The second-order valence-corrected chi connectivity index (χ2v) is 7.15. The second kappa shape index (κ2) is 6.50. The molecule has 1 N–H and O–H groups in total. The molecule has 1 aromatic carbocycles. The highest BCUT2D eigenvalue weighted by atomic mass is 16.5. The molecule has 0 aromatic heterocycles. The molecule has 2 nitrogen and oxygen atoms in total. The molecule has 0 bridgehead atoms. The maximum absolute atomic E-state index is 6.24. The predicted molar refractivity (Wildman–Crippen MR) is 87.5 cm³/mol. The Balaban J connectivity index is 1.60. The van der Waals surface area contributed by atoms with Gasteiger partial charge in [-0.05, 0) is 36.3 Å². The molecular weight excluding hydrogens is 258 g/mol. The first-order valence-corrected chi connectivity index (χ1v) is 8.66. The van der Waals surface area contributed by atoms with Gasteiger partial charge < -0.3 is 10.1 Å². The third kappa shape index (κ3) is 3.49. The van der Waals surface area contributed by atoms with Crippen LogP contribution in [0.2, 0.25) is 0 Å². The van der Waals surface area contributed by atoms with Crippen LogP contribution in [0.25, 0.3) is 0 Å². The molecule has 2 heteroatoms. The summed E-state index contributed by atoms with van der Waals surface area (Å²) in [5.41, 5.74) is 3.01. The van der Waals surface area contributed by atoms with Crippen LogP contribution in [0.3, 0.4) is 0 Å². The average Bonchev–Trinajstić information content (AvgIpc) is 2.49. The van der Waals surface area contributed by atoms with E-state index < -0.39 is 0 Å². The number of hydrogen-bond donors (Lipinski definition) is 1. The Morgan fingerprint density at radius 3 is 2.71 bits per heavy atom. The Hall–Kier alpha value is -0.860. The van der Waals surface area contributed by atoms with Gasteiger partial charge in [-0.25, -0.2) is 0 Å². The highest BCUT2D eigenvalue weighted by Crippen LogP contribution is 2.36. The summed E-state index contributed by atoms with van der Waals surface area (Å²) in [7, 11) is 0. The molecule has 0 amide bonds. The van der Waals surface area contributed by atoms with Crippen molar-refractivity contribution in [3.05, 3.63) is 35.4 Å². The van der Waals surface area contributed by atoms with Crippen molar-refractivity contribution >= 4 is 0 Å². The minimum atomic E-state index is 0.225. The Morgan fingerprint density at radius 1 is 1.29 bits per heavy atom. The molecule has 1 heterocycles. The summed E-state index contributed by atoms with van der Waals surface area (Å²) in [6.07, 6.45) is 7.88. The van der Waals surface area contributed by atoms with E-state index in [0.717, 1.165) is 19.1 Å². The van der Waals surface area contributed by atoms with E-state index in [1.54, 1.807) is 0 Å². The Bertz CT molecular complexity index is 445. The minimum absolute atomic E-state index is 0.225. The van der Waals surface area contributed by atoms with Crippen molar-refractivity contribution < 1.29 is 4.74 Å². The molecule has 3 atom stereocenters. The summed E-state index contributed by atoms with van der Waals surface area (Å²) in [5.74, 6) is 0.833. The number of nitrogens with one attached hydrogen (secondary N) is 1. The van der Waals surface area contributed by atoms with Crippen LogP contribution in [0.1, 0.15) is 63.2 Å². The predicted octanol–water partition coefficient (Wildman–Crippen LogP) is 4.25. The summed E-state index contributed by atoms with van der Waals surface area (Å²) in [6, 6.07) is 9.02. The van der Waals surface area contributed by atoms with Gasteiger partial charge in [-0.15, -0.1) is 0 Å². The van der Waals surface area contributed by atoms with Crippen molar-refractivity contribution in [1.82, 2.24) is 5.32 Å². The van der Waals surface area contributed by atoms with E-state index in [9.17, 15) is 0 Å². The lowest BCUT2D eigenvalue weighted by Crippen LogP contribution is -2.56. The number of hydrogen-bond acceptors (Lipinski definition) is 2. The molecule has 1 saturated carbocycles. The number of benzene rings is 1. The van der Waals surface area contributed by atoms with Crippen LogP contribution < -0.4 is 5.32 Å². The van der Waals surface area contributed by atoms with Gasteiger partial charge in [-0.1, -0.05) is 57.4 Å². The normalized spacial score (nSPS) is 33.2. The monoisotopic (exact) mass is 287 g/mol. The van der Waals surface area contributed by atoms with Gasteiger partial charge in [0.2, 0.25) is 0 Å². The first kappa shape index (κ1) is 15.1. The summed E-state index contributed by atoms with van der Waals surface area (Å²) in [5, 5.41) is 3.83. The van der Waals surface area contributed by atoms with Gasteiger partial charge in [0.1, 0.15) is 0 Å². The average molecular weight is 287 g/mol. The Kier molecular flexibility index (Phi) is 4.66. The van der Waals surface area contributed by atoms with Gasteiger partial charge in [0.05, 0.1) is 12.7 Å². The molecule has 1 saturated heterocycles. The molecule has 1 aliphatic carbocycles. The first-order chi connectivity index (χ1) is 10.2. The molecule has 3 rings (SSSR count). The maximum atomic E-state index is 6.24. The smallest absolute Gasteiger partial charge is 0.0950 e. The second-order valence-electron chi connectivity index (χ2n) is 7.15. The molecule has 3 unspecified atom stereocenters. The van der Waals surface area contributed by atoms with Crippen molar-refractivity contribution in [3.63, 3.8) is 0 Å². The molecule has 2 aliphatic rings. The van der Waals surface area contributed by atoms with Gasteiger partial charge >= 0.3 is 0 Å². The maximum Gasteiger partial charge on any atom is 0.0950 e. The third-order valence-corrected chi connectivity index (χ3v) is 5.20. The summed E-state index contributed by atoms with van der Waals surface area (Å²) in [4.78, 5) is 0. The largest absolute Gasteiger partial charge is 0.370 e. The minimum Gasteiger partial charge on any atom is -0.370 e. The molecule has 1 aliphatic heterocycles. The molecular formula is C19H29NO. The number of ether oxygens (including phenoxy) is 1. The highest BCUT2D eigenvalue weighted by molar-refractivity contribution is 5.25. The quantitative estimate of drug-likeness (QED) is 0.897. The topological polar surface area (TPSA) is 21.3 Å². The summed E-state index contributed by atoms with van der Waals surface area (Å²) >= 11 is 0. The molecule has 2 fully saturated rings. The zero-order valence-electron chi connectivity index (χ0n) is 13.5. The fourth-order valence-electron chi connectivity index (χ4n) is 4.03. The van der Waals surface area contributed by atoms with Crippen LogP contribution in [0.4, 0.5) is 0 Å². The highest BCUT2D eigenvalue weighted by Gasteiger charge is 2.39. The van der Waals surface area contributed by atoms with E-state index in [1.807, 2.05) is 0 Å². The van der Waals surface area contributed by atoms with Gasteiger partial charge in [0, 0.05) is 12.1 Å². The van der Waals surface area contributed by atoms with Crippen molar-refractivity contribution in [1.29, 1.82) is 0 Å². The lowest BCUT2D eigenvalue weighted by atomic mass is 9.76. The van der Waals surface area contributed by atoms with Crippen LogP contribution in [-0.2, 0) is 11.2 Å². The van der Waals surface area contributed by atoms with E-state index in [1.165, 1.54) is 49.7 Å². The fourth-order valence-corrected chi connectivity index (χ4v) is 4.03. The van der Waals surface area contributed by atoms with E-state index >= 15 is 0 Å². The van der Waals surface area contributed by atoms with Crippen LogP contribution in [-0.4, -0.2) is 18.7 Å². The Morgan fingerprint density at radius 2 is 2.10 bits per heavy atom. The van der Waals surface area contributed by atoms with Gasteiger partial charge in [0.15, 0.2) is 0 Å². The summed E-state index contributed by atoms with van der Waals surface area (Å²) in [6.45, 7) is 6.44. The van der Waals surface area contributed by atoms with Crippen LogP contribution in [0.15, 0.2) is 24.3 Å². The zero-order chi connectivity index (χ0) is 14.7. The summed E-state index contributed by atoms with van der Waals surface area (Å²) < 4.78 is 6.24. The first-order valence-electron chi connectivity index (χ1n) is 8.66. The number of rotatable bonds is 3. The van der Waals surface area contributed by atoms with Crippen molar-refractivity contribution in [2.24, 2.45) is 5.92 Å². The number of morpholine rings is 1. The lowest BCUT2D eigenvalue weighted by molar-refractivity contribution is -0.0527. The van der Waals surface area contributed by atoms with Crippen LogP contribution in [0.5, 0.6) is 0 Å². The SMILES string of the molecule is CCCc1ccc(C2CNC3(CCCC(C)C3)CO2)cc1. The zero-order valence-corrected chi connectivity index (χ0v) is 13.5. The molecule has 0 radical (unpaired) electrons.